The summed E-state index contributed by atoms with van der Waals surface area (Å²) in [6, 6.07) is 2.10. The highest BCUT2D eigenvalue weighted by atomic mass is 16.5. The number of carbonyl (C=O) groups is 1. The van der Waals surface area contributed by atoms with Gasteiger partial charge in [0, 0.05) is 38.3 Å². The molecule has 2 aliphatic rings. The fourth-order valence-electron chi connectivity index (χ4n) is 3.16. The van der Waals surface area contributed by atoms with Gasteiger partial charge >= 0.3 is 0 Å². The smallest absolute Gasteiger partial charge is 0.228 e. The first kappa shape index (κ1) is 11.8. The first-order valence-electron chi connectivity index (χ1n) is 7.06. The third-order valence-electron chi connectivity index (χ3n) is 4.16. The monoisotopic (exact) mass is 272 g/mol. The van der Waals surface area contributed by atoms with Crippen molar-refractivity contribution in [3.8, 4) is 0 Å². The summed E-state index contributed by atoms with van der Waals surface area (Å²) in [4.78, 5) is 18.9. The van der Waals surface area contributed by atoms with Crippen LogP contribution < -0.4 is 4.90 Å². The van der Waals surface area contributed by atoms with Crippen molar-refractivity contribution in [2.75, 3.05) is 18.1 Å². The third-order valence-corrected chi connectivity index (χ3v) is 4.16. The zero-order chi connectivity index (χ0) is 13.5. The largest absolute Gasteiger partial charge is 0.381 e. The minimum Gasteiger partial charge on any atom is -0.381 e. The van der Waals surface area contributed by atoms with Crippen molar-refractivity contribution in [1.82, 2.24) is 15.2 Å². The molecule has 4 heterocycles. The summed E-state index contributed by atoms with van der Waals surface area (Å²) in [5.41, 5.74) is 1.91. The zero-order valence-electron chi connectivity index (χ0n) is 11.1. The van der Waals surface area contributed by atoms with E-state index in [2.05, 4.69) is 15.2 Å². The fraction of sp³-hybridized carbons (Fsp3) is 0.500. The highest BCUT2D eigenvalue weighted by molar-refractivity contribution is 6.04. The Bertz CT molecular complexity index is 660. The molecule has 0 spiro atoms. The van der Waals surface area contributed by atoms with E-state index in [0.717, 1.165) is 35.3 Å². The molecule has 0 saturated carbocycles. The number of amides is 1. The van der Waals surface area contributed by atoms with Gasteiger partial charge in [0.1, 0.15) is 5.82 Å². The lowest BCUT2D eigenvalue weighted by Crippen LogP contribution is -2.43. The van der Waals surface area contributed by atoms with Crippen molar-refractivity contribution in [2.24, 2.45) is 0 Å². The molecule has 0 unspecified atom stereocenters. The van der Waals surface area contributed by atoms with Crippen LogP contribution >= 0.6 is 0 Å². The summed E-state index contributed by atoms with van der Waals surface area (Å²) >= 11 is 0. The Morgan fingerprint density at radius 2 is 2.15 bits per heavy atom. The first-order chi connectivity index (χ1) is 9.84. The van der Waals surface area contributed by atoms with E-state index >= 15 is 0 Å². The van der Waals surface area contributed by atoms with Gasteiger partial charge in [-0.2, -0.15) is 5.10 Å². The van der Waals surface area contributed by atoms with Crippen molar-refractivity contribution >= 4 is 22.6 Å². The van der Waals surface area contributed by atoms with Crippen LogP contribution in [0, 0.1) is 0 Å². The number of nitrogens with one attached hydrogen (secondary N) is 1. The maximum atomic E-state index is 12.5. The molecule has 1 amide bonds. The van der Waals surface area contributed by atoms with Gasteiger partial charge in [-0.3, -0.25) is 14.8 Å². The minimum absolute atomic E-state index is 0.148. The summed E-state index contributed by atoms with van der Waals surface area (Å²) in [6.45, 7) is 1.42. The highest BCUT2D eigenvalue weighted by Gasteiger charge is 2.32. The van der Waals surface area contributed by atoms with Crippen molar-refractivity contribution < 1.29 is 9.53 Å². The molecule has 4 rings (SSSR count). The molecule has 6 heteroatoms. The lowest BCUT2D eigenvalue weighted by Gasteiger charge is -2.33. The highest BCUT2D eigenvalue weighted by Crippen LogP contribution is 2.33. The van der Waals surface area contributed by atoms with Crippen LogP contribution in [0.1, 0.15) is 25.0 Å². The van der Waals surface area contributed by atoms with E-state index in [4.69, 9.17) is 4.74 Å². The number of rotatable bonds is 1. The molecule has 0 radical (unpaired) electrons. The van der Waals surface area contributed by atoms with E-state index < -0.39 is 0 Å². The van der Waals surface area contributed by atoms with Crippen LogP contribution in [0.5, 0.6) is 0 Å². The molecule has 1 saturated heterocycles. The van der Waals surface area contributed by atoms with Crippen LogP contribution in [0.4, 0.5) is 5.82 Å². The third kappa shape index (κ3) is 1.71. The Kier molecular flexibility index (Phi) is 2.70. The molecule has 6 nitrogen and oxygen atoms in total. The Morgan fingerprint density at radius 3 is 3.00 bits per heavy atom. The number of anilines is 1. The number of hydrogen-bond donors (Lipinski definition) is 1. The number of ether oxygens (including phenoxy) is 1. The Labute approximate surface area is 116 Å². The molecule has 0 bridgehead atoms. The molecule has 2 aliphatic heterocycles. The van der Waals surface area contributed by atoms with Crippen molar-refractivity contribution in [1.29, 1.82) is 0 Å². The molecular formula is C14H16N4O2. The summed E-state index contributed by atoms with van der Waals surface area (Å²) in [6.07, 6.45) is 4.66. The lowest BCUT2D eigenvalue weighted by atomic mass is 10.1. The molecule has 20 heavy (non-hydrogen) atoms. The number of H-pyrrole nitrogens is 1. The second-order valence-corrected chi connectivity index (χ2v) is 5.33. The minimum atomic E-state index is 0.148. The normalized spacial score (nSPS) is 20.4. The topological polar surface area (TPSA) is 71.1 Å². The molecule has 1 N–H and O–H groups in total. The first-order valence-corrected chi connectivity index (χ1v) is 7.06. The predicted molar refractivity (Wildman–Crippen MR) is 73.5 cm³/mol. The molecule has 0 atom stereocenters. The molecule has 104 valence electrons. The van der Waals surface area contributed by atoms with E-state index in [1.807, 2.05) is 11.0 Å². The maximum absolute atomic E-state index is 12.5. The van der Waals surface area contributed by atoms with E-state index in [-0.39, 0.29) is 11.9 Å². The Morgan fingerprint density at radius 1 is 1.30 bits per heavy atom. The van der Waals surface area contributed by atoms with Gasteiger partial charge < -0.3 is 4.74 Å². The summed E-state index contributed by atoms with van der Waals surface area (Å²) < 4.78 is 5.41. The van der Waals surface area contributed by atoms with Crippen LogP contribution in [0.3, 0.4) is 0 Å². The number of nitrogens with zero attached hydrogens (tertiary/aromatic N) is 3. The maximum Gasteiger partial charge on any atom is 0.228 e. The van der Waals surface area contributed by atoms with E-state index in [1.54, 1.807) is 6.20 Å². The zero-order valence-corrected chi connectivity index (χ0v) is 11.1. The van der Waals surface area contributed by atoms with Gasteiger partial charge in [-0.25, -0.2) is 4.98 Å². The number of aryl methyl sites for hydroxylation is 1. The average Bonchev–Trinajstić information content (AvgIpc) is 2.84. The van der Waals surface area contributed by atoms with Crippen molar-refractivity contribution in [3.05, 3.63) is 18.0 Å². The molecule has 0 aliphatic carbocycles. The van der Waals surface area contributed by atoms with Gasteiger partial charge in [0.2, 0.25) is 5.91 Å². The number of pyridine rings is 1. The number of aromatic amines is 1. The fourth-order valence-corrected chi connectivity index (χ4v) is 3.16. The standard InChI is InChI=1S/C14H16N4O2/c19-12-2-1-10-13-11(17-16-10)3-6-15-14(13)18(12)9-4-7-20-8-5-9/h3,6,9H,1-2,4-5,7-8H2,(H,16,17). The summed E-state index contributed by atoms with van der Waals surface area (Å²) in [7, 11) is 0. The summed E-state index contributed by atoms with van der Waals surface area (Å²) in [5.74, 6) is 0.913. The number of carbonyl (C=O) groups excluding carboxylic acids is 1. The van der Waals surface area contributed by atoms with Gasteiger partial charge in [0.05, 0.1) is 16.6 Å². The second kappa shape index (κ2) is 4.56. The van der Waals surface area contributed by atoms with Gasteiger partial charge in [0.25, 0.3) is 0 Å². The van der Waals surface area contributed by atoms with Crippen molar-refractivity contribution in [2.45, 2.75) is 31.7 Å². The van der Waals surface area contributed by atoms with E-state index in [1.165, 1.54) is 0 Å². The molecular weight excluding hydrogens is 256 g/mol. The molecule has 0 aromatic carbocycles. The molecule has 2 aromatic heterocycles. The molecule has 2 aromatic rings. The quantitative estimate of drug-likeness (QED) is 0.852. The van der Waals surface area contributed by atoms with E-state index in [0.29, 0.717) is 26.1 Å². The van der Waals surface area contributed by atoms with Crippen molar-refractivity contribution in [3.63, 3.8) is 0 Å². The van der Waals surface area contributed by atoms with Crippen LogP contribution in [-0.2, 0) is 16.0 Å². The second-order valence-electron chi connectivity index (χ2n) is 5.33. The van der Waals surface area contributed by atoms with Gasteiger partial charge in [-0.05, 0) is 18.9 Å². The van der Waals surface area contributed by atoms with E-state index in [9.17, 15) is 4.79 Å². The van der Waals surface area contributed by atoms with Gasteiger partial charge in [-0.15, -0.1) is 0 Å². The summed E-state index contributed by atoms with van der Waals surface area (Å²) in [5, 5.41) is 8.37. The van der Waals surface area contributed by atoms with Crippen LogP contribution in [0.25, 0.3) is 10.9 Å². The van der Waals surface area contributed by atoms with Crippen LogP contribution in [0.2, 0.25) is 0 Å². The number of aromatic nitrogens is 3. The lowest BCUT2D eigenvalue weighted by molar-refractivity contribution is -0.119. The molecule has 1 fully saturated rings. The average molecular weight is 272 g/mol. The van der Waals surface area contributed by atoms with Crippen LogP contribution in [-0.4, -0.2) is 40.3 Å². The number of hydrogen-bond acceptors (Lipinski definition) is 4. The van der Waals surface area contributed by atoms with Crippen LogP contribution in [0.15, 0.2) is 12.3 Å². The SMILES string of the molecule is O=C1CCc2n[nH]c3ccnc(c23)N1C1CCOCC1. The van der Waals surface area contributed by atoms with Gasteiger partial charge in [0.15, 0.2) is 0 Å². The predicted octanol–water partition coefficient (Wildman–Crippen LogP) is 1.42. The Balaban J connectivity index is 1.87. The Hall–Kier alpha value is -1.95. The van der Waals surface area contributed by atoms with Gasteiger partial charge in [-0.1, -0.05) is 0 Å².